The molecular formula is C20H24ClN3O2S. The zero-order valence-electron chi connectivity index (χ0n) is 15.9. The zero-order valence-corrected chi connectivity index (χ0v) is 17.4. The van der Waals surface area contributed by atoms with E-state index in [4.69, 9.17) is 16.0 Å². The maximum atomic E-state index is 12.8. The molecule has 2 bridgehead atoms. The summed E-state index contributed by atoms with van der Waals surface area (Å²) in [5.74, 6) is 0.931. The molecule has 1 amide bonds. The van der Waals surface area contributed by atoms with E-state index in [2.05, 4.69) is 35.9 Å². The number of thioether (sulfide) groups is 1. The Hall–Kier alpha value is -1.53. The van der Waals surface area contributed by atoms with Crippen LogP contribution in [0.3, 0.4) is 0 Å². The van der Waals surface area contributed by atoms with E-state index in [-0.39, 0.29) is 11.3 Å². The first-order valence-corrected chi connectivity index (χ1v) is 10.6. The van der Waals surface area contributed by atoms with Gasteiger partial charge in [0, 0.05) is 23.2 Å². The lowest BCUT2D eigenvalue weighted by atomic mass is 9.65. The van der Waals surface area contributed by atoms with Gasteiger partial charge in [-0.05, 0) is 54.4 Å². The number of aromatic nitrogens is 2. The van der Waals surface area contributed by atoms with Crippen molar-refractivity contribution in [3.8, 4) is 11.5 Å². The number of benzene rings is 1. The number of carbonyl (C=O) groups is 1. The van der Waals surface area contributed by atoms with Crippen molar-refractivity contribution in [2.24, 2.45) is 10.8 Å². The van der Waals surface area contributed by atoms with Crippen LogP contribution >= 0.6 is 23.4 Å². The van der Waals surface area contributed by atoms with E-state index in [1.165, 1.54) is 18.2 Å². The van der Waals surface area contributed by atoms with Crippen molar-refractivity contribution in [3.05, 3.63) is 29.3 Å². The number of halogens is 1. The molecule has 2 atom stereocenters. The molecule has 1 saturated heterocycles. The largest absolute Gasteiger partial charge is 0.411 e. The zero-order chi connectivity index (χ0) is 19.2. The van der Waals surface area contributed by atoms with Crippen LogP contribution in [-0.4, -0.2) is 39.3 Å². The molecule has 1 aliphatic heterocycles. The number of amides is 1. The van der Waals surface area contributed by atoms with Gasteiger partial charge >= 0.3 is 0 Å². The lowest BCUT2D eigenvalue weighted by Gasteiger charge is -2.39. The fourth-order valence-corrected chi connectivity index (χ4v) is 5.71. The molecule has 2 aliphatic rings. The van der Waals surface area contributed by atoms with Gasteiger partial charge in [-0.1, -0.05) is 44.1 Å². The van der Waals surface area contributed by atoms with Gasteiger partial charge in [-0.25, -0.2) is 0 Å². The summed E-state index contributed by atoms with van der Waals surface area (Å²) in [7, 11) is 0. The highest BCUT2D eigenvalue weighted by molar-refractivity contribution is 7.99. The van der Waals surface area contributed by atoms with Crippen LogP contribution in [0.1, 0.15) is 40.0 Å². The standard InChI is InChI=1S/C20H24ClN3O2S/c1-19(2)8-15-9-20(3,11-19)12-24(15)16(25)10-27-18-23-22-17(26-18)13-4-6-14(21)7-5-13/h4-7,15H,8-12H2,1-3H3/t15-,20-/m0/s1. The second-order valence-corrected chi connectivity index (χ2v) is 10.3. The van der Waals surface area contributed by atoms with Gasteiger partial charge in [-0.2, -0.15) is 0 Å². The number of carbonyl (C=O) groups excluding carboxylic acids is 1. The van der Waals surface area contributed by atoms with Crippen LogP contribution in [0.4, 0.5) is 0 Å². The highest BCUT2D eigenvalue weighted by Crippen LogP contribution is 2.52. The van der Waals surface area contributed by atoms with Gasteiger partial charge in [0.25, 0.3) is 5.22 Å². The van der Waals surface area contributed by atoms with Crippen LogP contribution in [0, 0.1) is 10.8 Å². The predicted octanol–water partition coefficient (Wildman–Crippen LogP) is 4.91. The first kappa shape index (κ1) is 18.8. The molecule has 2 heterocycles. The van der Waals surface area contributed by atoms with Crippen molar-refractivity contribution in [2.75, 3.05) is 12.3 Å². The van der Waals surface area contributed by atoms with Gasteiger partial charge in [-0.15, -0.1) is 10.2 Å². The summed E-state index contributed by atoms with van der Waals surface area (Å²) in [6.45, 7) is 7.81. The Kier molecular flexibility index (Phi) is 4.75. The second kappa shape index (κ2) is 6.82. The molecule has 5 nitrogen and oxygen atoms in total. The van der Waals surface area contributed by atoms with Crippen molar-refractivity contribution in [1.29, 1.82) is 0 Å². The minimum atomic E-state index is 0.165. The maximum absolute atomic E-state index is 12.8. The Morgan fingerprint density at radius 2 is 2.00 bits per heavy atom. The van der Waals surface area contributed by atoms with E-state index in [0.29, 0.717) is 33.3 Å². The van der Waals surface area contributed by atoms with Gasteiger partial charge < -0.3 is 9.32 Å². The highest BCUT2D eigenvalue weighted by atomic mass is 35.5. The van der Waals surface area contributed by atoms with Gasteiger partial charge in [0.2, 0.25) is 11.8 Å². The summed E-state index contributed by atoms with van der Waals surface area (Å²) in [5.41, 5.74) is 1.37. The van der Waals surface area contributed by atoms with Crippen molar-refractivity contribution >= 4 is 29.3 Å². The van der Waals surface area contributed by atoms with Crippen LogP contribution in [0.15, 0.2) is 33.9 Å². The average Bonchev–Trinajstić information content (AvgIpc) is 3.14. The monoisotopic (exact) mass is 405 g/mol. The molecule has 1 aliphatic carbocycles. The molecule has 0 radical (unpaired) electrons. The van der Waals surface area contributed by atoms with E-state index in [0.717, 1.165) is 24.9 Å². The van der Waals surface area contributed by atoms with Crippen molar-refractivity contribution in [3.63, 3.8) is 0 Å². The average molecular weight is 406 g/mol. The van der Waals surface area contributed by atoms with Gasteiger partial charge in [0.1, 0.15) is 0 Å². The molecule has 7 heteroatoms. The Bertz CT molecular complexity index is 851. The smallest absolute Gasteiger partial charge is 0.277 e. The molecular weight excluding hydrogens is 382 g/mol. The van der Waals surface area contributed by atoms with Crippen molar-refractivity contribution < 1.29 is 9.21 Å². The molecule has 0 N–H and O–H groups in total. The maximum Gasteiger partial charge on any atom is 0.277 e. The minimum absolute atomic E-state index is 0.165. The number of rotatable bonds is 4. The number of hydrogen-bond acceptors (Lipinski definition) is 5. The summed E-state index contributed by atoms with van der Waals surface area (Å²) in [4.78, 5) is 14.9. The van der Waals surface area contributed by atoms with Gasteiger partial charge in [0.05, 0.1) is 5.75 Å². The van der Waals surface area contributed by atoms with Crippen LogP contribution in [0.5, 0.6) is 0 Å². The Labute approximate surface area is 168 Å². The van der Waals surface area contributed by atoms with E-state index in [1.807, 2.05) is 12.1 Å². The fourth-order valence-electron chi connectivity index (χ4n) is 4.94. The third-order valence-electron chi connectivity index (χ3n) is 5.55. The summed E-state index contributed by atoms with van der Waals surface area (Å²) in [6, 6.07) is 7.60. The normalized spacial score (nSPS) is 26.4. The summed E-state index contributed by atoms with van der Waals surface area (Å²) in [5, 5.41) is 9.21. The van der Waals surface area contributed by atoms with E-state index in [9.17, 15) is 4.79 Å². The molecule has 2 fully saturated rings. The molecule has 0 spiro atoms. The van der Waals surface area contributed by atoms with E-state index >= 15 is 0 Å². The van der Waals surface area contributed by atoms with Crippen molar-refractivity contribution in [1.82, 2.24) is 15.1 Å². The molecule has 144 valence electrons. The molecule has 0 unspecified atom stereocenters. The number of fused-ring (bicyclic) bond motifs is 2. The van der Waals surface area contributed by atoms with Crippen LogP contribution in [-0.2, 0) is 4.79 Å². The van der Waals surface area contributed by atoms with Gasteiger partial charge in [-0.3, -0.25) is 4.79 Å². The highest BCUT2D eigenvalue weighted by Gasteiger charge is 2.50. The third-order valence-corrected chi connectivity index (χ3v) is 6.61. The summed E-state index contributed by atoms with van der Waals surface area (Å²) < 4.78 is 5.69. The molecule has 2 aromatic rings. The van der Waals surface area contributed by atoms with Crippen LogP contribution < -0.4 is 0 Å². The van der Waals surface area contributed by atoms with Crippen molar-refractivity contribution in [2.45, 2.75) is 51.3 Å². The number of hydrogen-bond donors (Lipinski definition) is 0. The number of likely N-dealkylation sites (tertiary alicyclic amines) is 1. The Morgan fingerprint density at radius 1 is 1.26 bits per heavy atom. The van der Waals surface area contributed by atoms with Crippen LogP contribution in [0.25, 0.3) is 11.5 Å². The minimum Gasteiger partial charge on any atom is -0.411 e. The quantitative estimate of drug-likeness (QED) is 0.676. The first-order valence-electron chi connectivity index (χ1n) is 9.25. The van der Waals surface area contributed by atoms with Crippen LogP contribution in [0.2, 0.25) is 5.02 Å². The molecule has 1 aromatic carbocycles. The first-order chi connectivity index (χ1) is 12.7. The fraction of sp³-hybridized carbons (Fsp3) is 0.550. The lowest BCUT2D eigenvalue weighted by molar-refractivity contribution is -0.129. The SMILES string of the molecule is CC1(C)C[C@H]2C[C@](C)(CN2C(=O)CSc2nnc(-c3ccc(Cl)cc3)o2)C1. The lowest BCUT2D eigenvalue weighted by Crippen LogP contribution is -2.38. The molecule has 1 aromatic heterocycles. The predicted molar refractivity (Wildman–Crippen MR) is 107 cm³/mol. The van der Waals surface area contributed by atoms with E-state index < -0.39 is 0 Å². The molecule has 4 rings (SSSR count). The molecule has 1 saturated carbocycles. The Balaban J connectivity index is 1.38. The third kappa shape index (κ3) is 4.02. The topological polar surface area (TPSA) is 59.2 Å². The second-order valence-electron chi connectivity index (χ2n) is 8.90. The number of nitrogens with zero attached hydrogens (tertiary/aromatic N) is 3. The Morgan fingerprint density at radius 3 is 2.74 bits per heavy atom. The summed E-state index contributed by atoms with van der Waals surface area (Å²) >= 11 is 7.21. The van der Waals surface area contributed by atoms with E-state index in [1.54, 1.807) is 12.1 Å². The molecule has 27 heavy (non-hydrogen) atoms. The van der Waals surface area contributed by atoms with Gasteiger partial charge in [0.15, 0.2) is 0 Å². The summed E-state index contributed by atoms with van der Waals surface area (Å²) in [6.07, 6.45) is 3.38.